The van der Waals surface area contributed by atoms with Crippen LogP contribution in [0.4, 0.5) is 0 Å². The largest absolute Gasteiger partial charge is 0.490 e. The quantitative estimate of drug-likeness (QED) is 0.438. The predicted molar refractivity (Wildman–Crippen MR) is 129 cm³/mol. The Bertz CT molecular complexity index is 1430. The highest BCUT2D eigenvalue weighted by atomic mass is 32.2. The van der Waals surface area contributed by atoms with Gasteiger partial charge in [-0.15, -0.1) is 4.40 Å². The minimum absolute atomic E-state index is 0.0859. The minimum atomic E-state index is -3.65. The Morgan fingerprint density at radius 1 is 1.29 bits per heavy atom. The van der Waals surface area contributed by atoms with Crippen molar-refractivity contribution in [2.75, 3.05) is 6.61 Å². The Morgan fingerprint density at radius 3 is 2.80 bits per heavy atom. The van der Waals surface area contributed by atoms with E-state index in [1.165, 1.54) is 6.20 Å². The molecule has 0 atom stereocenters. The summed E-state index contributed by atoms with van der Waals surface area (Å²) in [7, 11) is -3.65. The number of ether oxygens (including phenoxy) is 1. The van der Waals surface area contributed by atoms with Crippen LogP contribution < -0.4 is 15.8 Å². The lowest BCUT2D eigenvalue weighted by molar-refractivity contribution is 0.0880. The number of sulfonamides is 1. The van der Waals surface area contributed by atoms with Crippen LogP contribution >= 0.6 is 0 Å². The Labute approximate surface area is 202 Å². The zero-order valence-electron chi connectivity index (χ0n) is 19.5. The molecular formula is C23H26N6O5S. The second kappa shape index (κ2) is 9.12. The van der Waals surface area contributed by atoms with E-state index in [2.05, 4.69) is 19.7 Å². The van der Waals surface area contributed by atoms with Gasteiger partial charge in [0.2, 0.25) is 0 Å². The Morgan fingerprint density at radius 2 is 2.06 bits per heavy atom. The summed E-state index contributed by atoms with van der Waals surface area (Å²) in [5.41, 5.74) is 7.69. The van der Waals surface area contributed by atoms with Crippen LogP contribution in [-0.4, -0.2) is 51.9 Å². The summed E-state index contributed by atoms with van der Waals surface area (Å²) in [5.74, 6) is 0.132. The van der Waals surface area contributed by atoms with Crippen molar-refractivity contribution < 1.29 is 23.1 Å². The van der Waals surface area contributed by atoms with Gasteiger partial charge in [0.1, 0.15) is 30.3 Å². The second-order valence-electron chi connectivity index (χ2n) is 8.83. The molecule has 0 saturated heterocycles. The first-order chi connectivity index (χ1) is 16.5. The van der Waals surface area contributed by atoms with E-state index in [1.807, 2.05) is 0 Å². The first-order valence-electron chi connectivity index (χ1n) is 10.8. The number of hydrogen-bond donors (Lipinski definition) is 3. The first kappa shape index (κ1) is 24.4. The van der Waals surface area contributed by atoms with Crippen molar-refractivity contribution in [3.8, 4) is 11.6 Å². The number of hydrogen-bond acceptors (Lipinski definition) is 8. The van der Waals surface area contributed by atoms with Crippen molar-refractivity contribution in [3.05, 3.63) is 70.9 Å². The number of carbonyl (C=O) groups is 1. The molecule has 4 rings (SSSR count). The van der Waals surface area contributed by atoms with Crippen LogP contribution in [0.1, 0.15) is 46.7 Å². The van der Waals surface area contributed by atoms with Crippen LogP contribution in [0, 0.1) is 6.92 Å². The fraction of sp³-hybridized carbons (Fsp3) is 0.304. The number of nitrogens with one attached hydrogen (secondary N) is 1. The number of aromatic nitrogens is 3. The first-order valence-corrected chi connectivity index (χ1v) is 12.4. The zero-order valence-corrected chi connectivity index (χ0v) is 20.3. The molecule has 4 N–H and O–H groups in total. The van der Waals surface area contributed by atoms with Gasteiger partial charge >= 0.3 is 0 Å². The smallest absolute Gasteiger partial charge is 0.259 e. The van der Waals surface area contributed by atoms with Crippen molar-refractivity contribution in [2.24, 2.45) is 10.1 Å². The van der Waals surface area contributed by atoms with Gasteiger partial charge in [-0.05, 0) is 44.5 Å². The molecule has 0 aliphatic carbocycles. The molecule has 11 nitrogen and oxygen atoms in total. The minimum Gasteiger partial charge on any atom is -0.490 e. The van der Waals surface area contributed by atoms with Gasteiger partial charge in [-0.1, -0.05) is 12.1 Å². The maximum Gasteiger partial charge on any atom is 0.259 e. The monoisotopic (exact) mass is 498 g/mol. The van der Waals surface area contributed by atoms with Gasteiger partial charge in [-0.2, -0.15) is 0 Å². The molecule has 12 heteroatoms. The van der Waals surface area contributed by atoms with Gasteiger partial charge in [0.05, 0.1) is 34.8 Å². The van der Waals surface area contributed by atoms with E-state index < -0.39 is 15.6 Å². The number of aryl methyl sites for hydroxylation is 1. The second-order valence-corrected chi connectivity index (χ2v) is 10.5. The van der Waals surface area contributed by atoms with Crippen LogP contribution in [0.25, 0.3) is 5.82 Å². The van der Waals surface area contributed by atoms with Crippen molar-refractivity contribution >= 4 is 21.8 Å². The highest BCUT2D eigenvalue weighted by Gasteiger charge is 2.27. The third kappa shape index (κ3) is 5.17. The zero-order chi connectivity index (χ0) is 25.4. The maximum absolute atomic E-state index is 13.0. The van der Waals surface area contributed by atoms with Crippen molar-refractivity contribution in [1.82, 2.24) is 19.9 Å². The Kier molecular flexibility index (Phi) is 6.34. The van der Waals surface area contributed by atoms with Gasteiger partial charge in [0, 0.05) is 11.8 Å². The van der Waals surface area contributed by atoms with Gasteiger partial charge < -0.3 is 20.9 Å². The molecule has 1 amide bonds. The van der Waals surface area contributed by atoms with Gasteiger partial charge in [0.15, 0.2) is 0 Å². The van der Waals surface area contributed by atoms with E-state index in [0.29, 0.717) is 39.6 Å². The predicted octanol–water partition coefficient (Wildman–Crippen LogP) is 1.20. The van der Waals surface area contributed by atoms with Crippen LogP contribution in [0.2, 0.25) is 0 Å². The standard InChI is InChI=1S/C23H26N6O5S/c1-14-17(10-30)29(13-26-14)19-9-15(7-8-25-19)22(31)27-23(2,3)12-34-18-6-4-5-16-11-35(32,33)28-21(24)20(16)18/h4-9,13,30H,10-12H2,1-3H3,(H2,24,28)(H,27,31). The molecule has 0 unspecified atom stereocenters. The van der Waals surface area contributed by atoms with E-state index >= 15 is 0 Å². The summed E-state index contributed by atoms with van der Waals surface area (Å²) in [6, 6.07) is 8.23. The molecule has 35 heavy (non-hydrogen) atoms. The van der Waals surface area contributed by atoms with E-state index in [9.17, 15) is 18.3 Å². The number of nitrogens with two attached hydrogens (primary N) is 1. The SMILES string of the molecule is Cc1ncn(-c2cc(C(=O)NC(C)(C)COc3cccc4c3C(N)=NS(=O)(=O)C4)ccn2)c1CO. The molecular weight excluding hydrogens is 472 g/mol. The normalized spacial score (nSPS) is 14.7. The lowest BCUT2D eigenvalue weighted by Crippen LogP contribution is -2.48. The van der Waals surface area contributed by atoms with Gasteiger partial charge in [0.25, 0.3) is 15.9 Å². The molecule has 1 aliphatic rings. The van der Waals surface area contributed by atoms with E-state index in [1.54, 1.807) is 62.0 Å². The number of imidazole rings is 1. The summed E-state index contributed by atoms with van der Waals surface area (Å²) in [6.45, 7) is 5.26. The number of nitrogens with zero attached hydrogens (tertiary/aromatic N) is 4. The Hall–Kier alpha value is -3.77. The average Bonchev–Trinajstić information content (AvgIpc) is 3.16. The molecule has 1 aromatic carbocycles. The third-order valence-electron chi connectivity index (χ3n) is 5.46. The van der Waals surface area contributed by atoms with Crippen LogP contribution in [0.3, 0.4) is 0 Å². The number of amidine groups is 1. The lowest BCUT2D eigenvalue weighted by atomic mass is 10.0. The van der Waals surface area contributed by atoms with E-state index in [-0.39, 0.29) is 30.7 Å². The summed E-state index contributed by atoms with van der Waals surface area (Å²) < 4.78 is 34.9. The molecule has 0 radical (unpaired) electrons. The van der Waals surface area contributed by atoms with E-state index in [4.69, 9.17) is 10.5 Å². The molecule has 0 spiro atoms. The number of aliphatic hydroxyl groups is 1. The fourth-order valence-corrected chi connectivity index (χ4v) is 4.84. The fourth-order valence-electron chi connectivity index (χ4n) is 3.75. The molecule has 184 valence electrons. The summed E-state index contributed by atoms with van der Waals surface area (Å²) in [4.78, 5) is 21.5. The number of fused-ring (bicyclic) bond motifs is 1. The Balaban J connectivity index is 1.49. The highest BCUT2D eigenvalue weighted by molar-refractivity contribution is 7.89. The number of aliphatic hydroxyl groups excluding tert-OH is 1. The summed E-state index contributed by atoms with van der Waals surface area (Å²) in [6.07, 6.45) is 3.06. The summed E-state index contributed by atoms with van der Waals surface area (Å²) in [5, 5.41) is 12.6. The van der Waals surface area contributed by atoms with Gasteiger partial charge in [-0.25, -0.2) is 18.4 Å². The topological polar surface area (TPSA) is 162 Å². The molecule has 0 saturated carbocycles. The molecule has 2 aromatic heterocycles. The van der Waals surface area contributed by atoms with Crippen LogP contribution in [-0.2, 0) is 22.4 Å². The van der Waals surface area contributed by atoms with Gasteiger partial charge in [-0.3, -0.25) is 9.36 Å². The molecule has 0 bridgehead atoms. The van der Waals surface area contributed by atoms with Crippen molar-refractivity contribution in [2.45, 2.75) is 38.7 Å². The number of benzene rings is 1. The molecule has 0 fully saturated rings. The molecule has 1 aliphatic heterocycles. The number of carbonyl (C=O) groups excluding carboxylic acids is 1. The van der Waals surface area contributed by atoms with Crippen LogP contribution in [0.15, 0.2) is 47.3 Å². The van der Waals surface area contributed by atoms with Crippen molar-refractivity contribution in [1.29, 1.82) is 0 Å². The number of rotatable bonds is 7. The summed E-state index contributed by atoms with van der Waals surface area (Å²) >= 11 is 0. The molecule has 3 heterocycles. The molecule has 3 aromatic rings. The van der Waals surface area contributed by atoms with Crippen molar-refractivity contribution in [3.63, 3.8) is 0 Å². The number of pyridine rings is 1. The van der Waals surface area contributed by atoms with Crippen LogP contribution in [0.5, 0.6) is 5.75 Å². The lowest BCUT2D eigenvalue weighted by Gasteiger charge is -2.27. The number of amides is 1. The third-order valence-corrected chi connectivity index (χ3v) is 6.61. The average molecular weight is 499 g/mol. The van der Waals surface area contributed by atoms with E-state index in [0.717, 1.165) is 0 Å². The highest BCUT2D eigenvalue weighted by Crippen LogP contribution is 2.28. The maximum atomic E-state index is 13.0.